The van der Waals surface area contributed by atoms with Crippen molar-refractivity contribution >= 4 is 56.6 Å². The van der Waals surface area contributed by atoms with Crippen molar-refractivity contribution in [2.24, 2.45) is 4.99 Å². The molecule has 4 rings (SSSR count). The van der Waals surface area contributed by atoms with Crippen LogP contribution in [0.5, 0.6) is 0 Å². The summed E-state index contributed by atoms with van der Waals surface area (Å²) in [6.07, 6.45) is 0. The fraction of sp³-hybridized carbons (Fsp3) is 0.190. The van der Waals surface area contributed by atoms with E-state index in [9.17, 15) is 0 Å². The molecule has 0 aliphatic carbocycles. The number of benzene rings is 3. The Bertz CT molecular complexity index is 912. The van der Waals surface area contributed by atoms with E-state index >= 15 is 0 Å². The van der Waals surface area contributed by atoms with E-state index < -0.39 is 0 Å². The molecule has 0 radical (unpaired) electrons. The van der Waals surface area contributed by atoms with Crippen molar-refractivity contribution in [3.8, 4) is 0 Å². The quantitative estimate of drug-likeness (QED) is 0.479. The lowest BCUT2D eigenvalue weighted by Gasteiger charge is -2.21. The van der Waals surface area contributed by atoms with Gasteiger partial charge >= 0.3 is 0 Å². The van der Waals surface area contributed by atoms with E-state index in [0.717, 1.165) is 36.6 Å². The average Bonchev–Trinajstić information content (AvgIpc) is 3.08. The highest BCUT2D eigenvalue weighted by atomic mass is 127. The zero-order valence-corrected chi connectivity index (χ0v) is 18.3. The summed E-state index contributed by atoms with van der Waals surface area (Å²) in [5, 5.41) is 6.01. The van der Waals surface area contributed by atoms with Crippen LogP contribution in [-0.4, -0.2) is 23.9 Å². The van der Waals surface area contributed by atoms with E-state index in [1.807, 2.05) is 0 Å². The molecule has 0 amide bonds. The third-order valence-electron chi connectivity index (χ3n) is 4.47. The molecule has 1 N–H and O–H groups in total. The second-order valence-electron chi connectivity index (χ2n) is 6.26. The van der Waals surface area contributed by atoms with E-state index in [1.54, 1.807) is 0 Å². The van der Waals surface area contributed by atoms with Gasteiger partial charge in [-0.05, 0) is 34.0 Å². The maximum Gasteiger partial charge on any atom is 0.194 e. The first kappa shape index (κ1) is 19.2. The summed E-state index contributed by atoms with van der Waals surface area (Å²) in [5.41, 5.74) is 2.56. The molecule has 0 bridgehead atoms. The normalized spacial score (nSPS) is 13.4. The summed E-state index contributed by atoms with van der Waals surface area (Å²) in [5.74, 6) is 0.994. The minimum absolute atomic E-state index is 0. The molecule has 1 aliphatic heterocycles. The molecule has 1 heterocycles. The Morgan fingerprint density at radius 3 is 2.58 bits per heavy atom. The van der Waals surface area contributed by atoms with Crippen molar-refractivity contribution in [2.45, 2.75) is 13.1 Å². The largest absolute Gasteiger partial charge is 0.352 e. The van der Waals surface area contributed by atoms with Gasteiger partial charge < -0.3 is 10.2 Å². The summed E-state index contributed by atoms with van der Waals surface area (Å²) in [4.78, 5) is 6.94. The Hall–Kier alpha value is -1.60. The van der Waals surface area contributed by atoms with Crippen molar-refractivity contribution in [3.05, 3.63) is 82.3 Å². The minimum atomic E-state index is 0. The highest BCUT2D eigenvalue weighted by Gasteiger charge is 2.16. The number of aliphatic imine (C=N–C) groups is 1. The van der Waals surface area contributed by atoms with Gasteiger partial charge in [-0.25, -0.2) is 0 Å². The number of guanidine groups is 1. The number of hydrogen-bond acceptors (Lipinski definition) is 3. The lowest BCUT2D eigenvalue weighted by Crippen LogP contribution is -2.37. The molecule has 0 aromatic heterocycles. The summed E-state index contributed by atoms with van der Waals surface area (Å²) in [6, 6.07) is 23.4. The fourth-order valence-electron chi connectivity index (χ4n) is 3.21. The second-order valence-corrected chi connectivity index (χ2v) is 7.12. The highest BCUT2D eigenvalue weighted by Crippen LogP contribution is 2.25. The third-order valence-corrected chi connectivity index (χ3v) is 5.13. The van der Waals surface area contributed by atoms with Crippen LogP contribution in [0.25, 0.3) is 10.8 Å². The van der Waals surface area contributed by atoms with Crippen LogP contribution < -0.4 is 5.32 Å². The van der Waals surface area contributed by atoms with Gasteiger partial charge in [0.1, 0.15) is 0 Å². The topological polar surface area (TPSA) is 27.6 Å². The van der Waals surface area contributed by atoms with Crippen LogP contribution in [-0.2, 0) is 13.1 Å². The smallest absolute Gasteiger partial charge is 0.194 e. The van der Waals surface area contributed by atoms with Crippen LogP contribution in [0.3, 0.4) is 0 Å². The molecule has 0 unspecified atom stereocenters. The fourth-order valence-corrected chi connectivity index (χ4v) is 3.87. The van der Waals surface area contributed by atoms with Gasteiger partial charge in [0.05, 0.1) is 6.54 Å². The molecule has 1 aliphatic rings. The molecule has 0 saturated heterocycles. The first-order valence-corrected chi connectivity index (χ1v) is 9.33. The van der Waals surface area contributed by atoms with E-state index in [0.29, 0.717) is 0 Å². The summed E-state index contributed by atoms with van der Waals surface area (Å²) in [7, 11) is 0. The van der Waals surface area contributed by atoms with Gasteiger partial charge in [0.25, 0.3) is 0 Å². The van der Waals surface area contributed by atoms with Crippen molar-refractivity contribution in [3.63, 3.8) is 0 Å². The lowest BCUT2D eigenvalue weighted by molar-refractivity contribution is 0.436. The molecule has 0 fully saturated rings. The number of nitrogens with one attached hydrogen (secondary N) is 1. The molecule has 5 heteroatoms. The molecule has 0 saturated carbocycles. The van der Waals surface area contributed by atoms with Crippen molar-refractivity contribution < 1.29 is 0 Å². The van der Waals surface area contributed by atoms with Gasteiger partial charge in [0.2, 0.25) is 0 Å². The SMILES string of the molecule is Brc1cc(CNC2=NCCN2Cc2ccccc2)cc2ccccc12.I. The van der Waals surface area contributed by atoms with E-state index in [1.165, 1.54) is 21.9 Å². The molecule has 3 aromatic carbocycles. The van der Waals surface area contributed by atoms with Gasteiger partial charge in [-0.1, -0.05) is 70.5 Å². The van der Waals surface area contributed by atoms with Crippen LogP contribution >= 0.6 is 39.9 Å². The average molecular weight is 522 g/mol. The van der Waals surface area contributed by atoms with Crippen LogP contribution in [0.15, 0.2) is 76.2 Å². The Balaban J connectivity index is 0.00000196. The Labute approximate surface area is 179 Å². The van der Waals surface area contributed by atoms with Crippen molar-refractivity contribution in [1.82, 2.24) is 10.2 Å². The third kappa shape index (κ3) is 4.38. The zero-order valence-electron chi connectivity index (χ0n) is 14.4. The Morgan fingerprint density at radius 1 is 0.962 bits per heavy atom. The summed E-state index contributed by atoms with van der Waals surface area (Å²) in [6.45, 7) is 3.50. The standard InChI is InChI=1S/C21H20BrN3.HI/c22-20-13-17(12-18-8-4-5-9-19(18)20)14-24-21-23-10-11-25(21)15-16-6-2-1-3-7-16;/h1-9,12-13H,10-11,14-15H2,(H,23,24);1H. The van der Waals surface area contributed by atoms with E-state index in [2.05, 4.69) is 97.9 Å². The first-order valence-electron chi connectivity index (χ1n) is 8.54. The van der Waals surface area contributed by atoms with Gasteiger partial charge in [-0.3, -0.25) is 4.99 Å². The zero-order chi connectivity index (χ0) is 17.1. The minimum Gasteiger partial charge on any atom is -0.352 e. The van der Waals surface area contributed by atoms with Crippen LogP contribution in [0.4, 0.5) is 0 Å². The van der Waals surface area contributed by atoms with Crippen molar-refractivity contribution in [1.29, 1.82) is 0 Å². The second kappa shape index (κ2) is 8.86. The van der Waals surface area contributed by atoms with Crippen LogP contribution in [0.1, 0.15) is 11.1 Å². The monoisotopic (exact) mass is 521 g/mol. The molecule has 3 nitrogen and oxygen atoms in total. The van der Waals surface area contributed by atoms with Gasteiger partial charge in [0.15, 0.2) is 5.96 Å². The number of hydrogen-bond donors (Lipinski definition) is 1. The number of halogens is 2. The van der Waals surface area contributed by atoms with Gasteiger partial charge in [0, 0.05) is 24.1 Å². The van der Waals surface area contributed by atoms with Gasteiger partial charge in [-0.15, -0.1) is 24.0 Å². The number of rotatable bonds is 4. The van der Waals surface area contributed by atoms with Crippen LogP contribution in [0, 0.1) is 0 Å². The predicted molar refractivity (Wildman–Crippen MR) is 123 cm³/mol. The van der Waals surface area contributed by atoms with E-state index in [-0.39, 0.29) is 24.0 Å². The molecule has 0 spiro atoms. The van der Waals surface area contributed by atoms with Crippen LogP contribution in [0.2, 0.25) is 0 Å². The number of nitrogens with zero attached hydrogens (tertiary/aromatic N) is 2. The molecular weight excluding hydrogens is 501 g/mol. The van der Waals surface area contributed by atoms with E-state index in [4.69, 9.17) is 0 Å². The first-order chi connectivity index (χ1) is 12.3. The highest BCUT2D eigenvalue weighted by molar-refractivity contribution is 14.0. The maximum atomic E-state index is 4.63. The molecule has 134 valence electrons. The lowest BCUT2D eigenvalue weighted by atomic mass is 10.1. The Morgan fingerprint density at radius 2 is 1.73 bits per heavy atom. The van der Waals surface area contributed by atoms with Crippen molar-refractivity contribution in [2.75, 3.05) is 13.1 Å². The summed E-state index contributed by atoms with van der Waals surface area (Å²) < 4.78 is 1.14. The molecule has 3 aromatic rings. The number of fused-ring (bicyclic) bond motifs is 1. The Kier molecular flexibility index (Phi) is 6.53. The summed E-state index contributed by atoms with van der Waals surface area (Å²) >= 11 is 3.69. The van der Waals surface area contributed by atoms with Gasteiger partial charge in [-0.2, -0.15) is 0 Å². The predicted octanol–water partition coefficient (Wildman–Crippen LogP) is 5.18. The molecule has 0 atom stereocenters. The molecule has 26 heavy (non-hydrogen) atoms. The molecular formula is C21H21BrIN3. The maximum absolute atomic E-state index is 4.63.